The molecule has 0 amide bonds. The summed E-state index contributed by atoms with van der Waals surface area (Å²) in [5, 5.41) is 9.15. The molecule has 0 unspecified atom stereocenters. The smallest absolute Gasteiger partial charge is 0.380 e. The minimum absolute atomic E-state index is 0.00736. The minimum Gasteiger partial charge on any atom is -0.490 e. The van der Waals surface area contributed by atoms with E-state index in [9.17, 15) is 9.59 Å². The van der Waals surface area contributed by atoms with Crippen LogP contribution in [0.15, 0.2) is 16.5 Å². The van der Waals surface area contributed by atoms with Crippen LogP contribution in [-0.4, -0.2) is 18.4 Å². The maximum absolute atomic E-state index is 12.8. The third kappa shape index (κ3) is 3.63. The Labute approximate surface area is 168 Å². The lowest BCUT2D eigenvalue weighted by Gasteiger charge is -2.27. The summed E-state index contributed by atoms with van der Waals surface area (Å²) in [5.74, 6) is -0.150. The van der Waals surface area contributed by atoms with Gasteiger partial charge in [0.05, 0.1) is 28.8 Å². The molecule has 2 aromatic rings. The van der Waals surface area contributed by atoms with Gasteiger partial charge < -0.3 is 13.9 Å². The SMILES string of the molecule is CCOc1cc(C#N)cc(Cl)c1OC(=O)c1oc2c(c1C)C(=O)CC(C)(C)C2. The van der Waals surface area contributed by atoms with Gasteiger partial charge in [0.2, 0.25) is 5.76 Å². The fourth-order valence-electron chi connectivity index (χ4n) is 3.41. The van der Waals surface area contributed by atoms with Gasteiger partial charge in [0.15, 0.2) is 17.3 Å². The molecule has 1 aliphatic rings. The highest BCUT2D eigenvalue weighted by Crippen LogP contribution is 2.40. The molecule has 0 saturated heterocycles. The number of hydrogen-bond donors (Lipinski definition) is 0. The molecule has 0 radical (unpaired) electrons. The first-order valence-corrected chi connectivity index (χ1v) is 9.28. The molecule has 3 rings (SSSR count). The van der Waals surface area contributed by atoms with Crippen LogP contribution in [0, 0.1) is 23.7 Å². The molecule has 6 nitrogen and oxygen atoms in total. The lowest BCUT2D eigenvalue weighted by molar-refractivity contribution is 0.0688. The Balaban J connectivity index is 1.98. The van der Waals surface area contributed by atoms with Crippen LogP contribution >= 0.6 is 11.6 Å². The molecule has 0 N–H and O–H groups in total. The summed E-state index contributed by atoms with van der Waals surface area (Å²) < 4.78 is 16.6. The highest BCUT2D eigenvalue weighted by Gasteiger charge is 2.37. The number of esters is 1. The van der Waals surface area contributed by atoms with E-state index in [4.69, 9.17) is 30.8 Å². The Kier molecular flexibility index (Phi) is 5.22. The number of halogens is 1. The Morgan fingerprint density at radius 2 is 2.07 bits per heavy atom. The number of Topliss-reactive ketones (excluding diaryl/α,β-unsaturated/α-hetero) is 1. The van der Waals surface area contributed by atoms with E-state index in [0.29, 0.717) is 36.3 Å². The van der Waals surface area contributed by atoms with Gasteiger partial charge in [-0.1, -0.05) is 25.4 Å². The van der Waals surface area contributed by atoms with Gasteiger partial charge in [-0.3, -0.25) is 4.79 Å². The van der Waals surface area contributed by atoms with E-state index in [0.717, 1.165) is 0 Å². The van der Waals surface area contributed by atoms with Crippen molar-refractivity contribution in [1.82, 2.24) is 0 Å². The lowest BCUT2D eigenvalue weighted by Crippen LogP contribution is -2.26. The molecule has 1 heterocycles. The molecular weight excluding hydrogens is 382 g/mol. The van der Waals surface area contributed by atoms with E-state index in [1.165, 1.54) is 12.1 Å². The highest BCUT2D eigenvalue weighted by atomic mass is 35.5. The maximum Gasteiger partial charge on any atom is 0.380 e. The van der Waals surface area contributed by atoms with Crippen LogP contribution in [0.3, 0.4) is 0 Å². The second-order valence-corrected chi connectivity index (χ2v) is 7.92. The molecule has 146 valence electrons. The lowest BCUT2D eigenvalue weighted by atomic mass is 9.76. The molecular formula is C21H20ClNO5. The molecule has 0 spiro atoms. The zero-order valence-corrected chi connectivity index (χ0v) is 16.9. The first kappa shape index (κ1) is 20.0. The summed E-state index contributed by atoms with van der Waals surface area (Å²) in [7, 11) is 0. The van der Waals surface area contributed by atoms with Crippen molar-refractivity contribution in [1.29, 1.82) is 5.26 Å². The summed E-state index contributed by atoms with van der Waals surface area (Å²) in [5.41, 5.74) is 0.977. The van der Waals surface area contributed by atoms with Crippen LogP contribution in [0.2, 0.25) is 5.02 Å². The van der Waals surface area contributed by atoms with Crippen molar-refractivity contribution in [3.63, 3.8) is 0 Å². The van der Waals surface area contributed by atoms with Gasteiger partial charge in [-0.15, -0.1) is 0 Å². The first-order chi connectivity index (χ1) is 13.2. The Morgan fingerprint density at radius 1 is 1.36 bits per heavy atom. The average Bonchev–Trinajstić information content (AvgIpc) is 2.93. The molecule has 0 saturated carbocycles. The summed E-state index contributed by atoms with van der Waals surface area (Å²) >= 11 is 6.19. The summed E-state index contributed by atoms with van der Waals surface area (Å²) in [6.07, 6.45) is 0.953. The molecule has 0 atom stereocenters. The second kappa shape index (κ2) is 7.33. The fraction of sp³-hybridized carbons (Fsp3) is 0.381. The van der Waals surface area contributed by atoms with Crippen LogP contribution in [0.1, 0.15) is 65.0 Å². The Morgan fingerprint density at radius 3 is 2.71 bits per heavy atom. The van der Waals surface area contributed by atoms with Crippen LogP contribution in [0.4, 0.5) is 0 Å². The summed E-state index contributed by atoms with van der Waals surface area (Å²) in [6, 6.07) is 4.81. The van der Waals surface area contributed by atoms with Crippen molar-refractivity contribution >= 4 is 23.4 Å². The number of ketones is 1. The van der Waals surface area contributed by atoms with Crippen molar-refractivity contribution in [2.45, 2.75) is 40.5 Å². The molecule has 0 fully saturated rings. The molecule has 0 bridgehead atoms. The van der Waals surface area contributed by atoms with Crippen molar-refractivity contribution in [3.8, 4) is 17.6 Å². The van der Waals surface area contributed by atoms with E-state index in [2.05, 4.69) is 0 Å². The number of nitrogens with zero attached hydrogens (tertiary/aromatic N) is 1. The van der Waals surface area contributed by atoms with Gasteiger partial charge >= 0.3 is 5.97 Å². The largest absolute Gasteiger partial charge is 0.490 e. The van der Waals surface area contributed by atoms with Gasteiger partial charge in [-0.25, -0.2) is 4.79 Å². The van der Waals surface area contributed by atoms with Crippen molar-refractivity contribution in [2.24, 2.45) is 5.41 Å². The minimum atomic E-state index is -0.773. The number of hydrogen-bond acceptors (Lipinski definition) is 6. The number of nitriles is 1. The number of furan rings is 1. The highest BCUT2D eigenvalue weighted by molar-refractivity contribution is 6.32. The topological polar surface area (TPSA) is 89.5 Å². The summed E-state index contributed by atoms with van der Waals surface area (Å²) in [6.45, 7) is 7.69. The van der Waals surface area contributed by atoms with Crippen LogP contribution < -0.4 is 9.47 Å². The Bertz CT molecular complexity index is 1010. The third-order valence-electron chi connectivity index (χ3n) is 4.60. The maximum atomic E-state index is 12.8. The van der Waals surface area contributed by atoms with Gasteiger partial charge in [0.25, 0.3) is 0 Å². The number of carbonyl (C=O) groups excluding carboxylic acids is 2. The molecule has 1 aromatic carbocycles. The number of carbonyl (C=O) groups is 2. The molecule has 28 heavy (non-hydrogen) atoms. The summed E-state index contributed by atoms with van der Waals surface area (Å²) in [4.78, 5) is 25.3. The normalized spacial score (nSPS) is 14.9. The quantitative estimate of drug-likeness (QED) is 0.535. The van der Waals surface area contributed by atoms with Crippen LogP contribution in [0.25, 0.3) is 0 Å². The standard InChI is InChI=1S/C21H20ClNO5/c1-5-26-15-7-12(10-23)6-13(22)19(15)28-20(25)18-11(2)17-14(24)8-21(3,4)9-16(17)27-18/h6-7H,5,8-9H2,1-4H3. The molecule has 7 heteroatoms. The predicted molar refractivity (Wildman–Crippen MR) is 102 cm³/mol. The number of ether oxygens (including phenoxy) is 2. The van der Waals surface area contributed by atoms with Gasteiger partial charge in [-0.05, 0) is 25.3 Å². The number of rotatable bonds is 4. The van der Waals surface area contributed by atoms with Crippen molar-refractivity contribution in [2.75, 3.05) is 6.61 Å². The zero-order chi connectivity index (χ0) is 20.6. The van der Waals surface area contributed by atoms with Gasteiger partial charge in [0, 0.05) is 24.5 Å². The van der Waals surface area contributed by atoms with E-state index in [-0.39, 0.29) is 39.0 Å². The monoisotopic (exact) mass is 401 g/mol. The zero-order valence-electron chi connectivity index (χ0n) is 16.1. The van der Waals surface area contributed by atoms with Gasteiger partial charge in [0.1, 0.15) is 5.76 Å². The van der Waals surface area contributed by atoms with E-state index < -0.39 is 5.97 Å². The van der Waals surface area contributed by atoms with E-state index >= 15 is 0 Å². The average molecular weight is 402 g/mol. The van der Waals surface area contributed by atoms with Crippen molar-refractivity contribution < 1.29 is 23.5 Å². The first-order valence-electron chi connectivity index (χ1n) is 8.91. The third-order valence-corrected chi connectivity index (χ3v) is 4.88. The molecule has 1 aliphatic carbocycles. The molecule has 0 aliphatic heterocycles. The Hall–Kier alpha value is -2.78. The second-order valence-electron chi connectivity index (χ2n) is 7.51. The van der Waals surface area contributed by atoms with E-state index in [1.54, 1.807) is 13.8 Å². The number of fused-ring (bicyclic) bond motifs is 1. The van der Waals surface area contributed by atoms with Gasteiger partial charge in [-0.2, -0.15) is 5.26 Å². The molecule has 1 aromatic heterocycles. The van der Waals surface area contributed by atoms with Crippen molar-refractivity contribution in [3.05, 3.63) is 45.4 Å². The fourth-order valence-corrected chi connectivity index (χ4v) is 3.66. The van der Waals surface area contributed by atoms with Crippen LogP contribution in [-0.2, 0) is 6.42 Å². The van der Waals surface area contributed by atoms with E-state index in [1.807, 2.05) is 19.9 Å². The number of benzene rings is 1. The predicted octanol–water partition coefficient (Wildman–Crippen LogP) is 4.89. The van der Waals surface area contributed by atoms with Crippen LogP contribution in [0.5, 0.6) is 11.5 Å².